The summed E-state index contributed by atoms with van der Waals surface area (Å²) in [6, 6.07) is 9.90. The minimum Gasteiger partial charge on any atom is -0.441 e. The van der Waals surface area contributed by atoms with Crippen molar-refractivity contribution in [3.05, 3.63) is 42.4 Å². The molecule has 1 aliphatic carbocycles. The van der Waals surface area contributed by atoms with E-state index in [-0.39, 0.29) is 11.4 Å². The van der Waals surface area contributed by atoms with Crippen LogP contribution in [0.1, 0.15) is 50.8 Å². The number of carbonyl (C=O) groups excluding carboxylic acids is 1. The summed E-state index contributed by atoms with van der Waals surface area (Å²) in [6.07, 6.45) is 10.1. The third-order valence-corrected chi connectivity index (χ3v) is 5.78. The van der Waals surface area contributed by atoms with E-state index in [2.05, 4.69) is 29.3 Å². The van der Waals surface area contributed by atoms with Gasteiger partial charge in [0.05, 0.1) is 6.20 Å². The van der Waals surface area contributed by atoms with Crippen LogP contribution in [0.25, 0.3) is 11.3 Å². The Bertz CT molecular complexity index is 716. The van der Waals surface area contributed by atoms with E-state index < -0.39 is 0 Å². The number of amides is 1. The van der Waals surface area contributed by atoms with Crippen molar-refractivity contribution >= 4 is 5.91 Å². The Morgan fingerprint density at radius 3 is 2.52 bits per heavy atom. The molecule has 5 nitrogen and oxygen atoms in total. The Morgan fingerprint density at radius 2 is 1.85 bits per heavy atom. The molecule has 1 aromatic heterocycles. The van der Waals surface area contributed by atoms with Gasteiger partial charge in [-0.1, -0.05) is 56.0 Å². The van der Waals surface area contributed by atoms with Gasteiger partial charge in [-0.3, -0.25) is 4.79 Å². The molecule has 0 saturated heterocycles. The van der Waals surface area contributed by atoms with Gasteiger partial charge in [0, 0.05) is 30.5 Å². The van der Waals surface area contributed by atoms with Crippen molar-refractivity contribution < 1.29 is 9.21 Å². The van der Waals surface area contributed by atoms with Gasteiger partial charge >= 0.3 is 0 Å². The lowest BCUT2D eigenvalue weighted by Gasteiger charge is -2.39. The zero-order valence-corrected chi connectivity index (χ0v) is 16.5. The topological polar surface area (TPSA) is 58.4 Å². The number of rotatable bonds is 7. The molecule has 0 radical (unpaired) electrons. The van der Waals surface area contributed by atoms with Crippen LogP contribution >= 0.6 is 0 Å². The molecule has 1 amide bonds. The van der Waals surface area contributed by atoms with Crippen LogP contribution in [0, 0.1) is 0 Å². The molecule has 1 fully saturated rings. The molecule has 1 N–H and O–H groups in total. The smallest absolute Gasteiger partial charge is 0.220 e. The van der Waals surface area contributed by atoms with Gasteiger partial charge in [-0.05, 0) is 26.9 Å². The molecule has 1 saturated carbocycles. The summed E-state index contributed by atoms with van der Waals surface area (Å²) in [5, 5.41) is 3.16. The second kappa shape index (κ2) is 9.18. The molecule has 0 atom stereocenters. The number of nitrogens with one attached hydrogen (secondary N) is 1. The Kier molecular flexibility index (Phi) is 6.67. The lowest BCUT2D eigenvalue weighted by molar-refractivity contribution is -0.121. The fourth-order valence-electron chi connectivity index (χ4n) is 3.90. The first-order valence-corrected chi connectivity index (χ1v) is 10.0. The van der Waals surface area contributed by atoms with Crippen molar-refractivity contribution in [1.29, 1.82) is 0 Å². The van der Waals surface area contributed by atoms with Crippen LogP contribution in [-0.4, -0.2) is 42.0 Å². The van der Waals surface area contributed by atoms with Gasteiger partial charge in [0.25, 0.3) is 0 Å². The lowest BCUT2D eigenvalue weighted by atomic mass is 9.88. The molecular weight excluding hydrogens is 338 g/mol. The van der Waals surface area contributed by atoms with Gasteiger partial charge in [-0.25, -0.2) is 4.98 Å². The summed E-state index contributed by atoms with van der Waals surface area (Å²) < 4.78 is 5.79. The highest BCUT2D eigenvalue weighted by Gasteiger charge is 2.33. The van der Waals surface area contributed by atoms with E-state index in [1.165, 1.54) is 25.7 Å². The first kappa shape index (κ1) is 19.6. The molecule has 0 spiro atoms. The van der Waals surface area contributed by atoms with Crippen molar-refractivity contribution in [3.63, 3.8) is 0 Å². The molecule has 3 rings (SSSR count). The highest BCUT2D eigenvalue weighted by Crippen LogP contribution is 2.30. The fraction of sp³-hybridized carbons (Fsp3) is 0.545. The van der Waals surface area contributed by atoms with Crippen LogP contribution in [-0.2, 0) is 11.2 Å². The van der Waals surface area contributed by atoms with Crippen LogP contribution < -0.4 is 5.32 Å². The summed E-state index contributed by atoms with van der Waals surface area (Å²) >= 11 is 0. The maximum Gasteiger partial charge on any atom is 0.220 e. The molecule has 146 valence electrons. The van der Waals surface area contributed by atoms with Gasteiger partial charge in [-0.15, -0.1) is 0 Å². The monoisotopic (exact) mass is 369 g/mol. The quantitative estimate of drug-likeness (QED) is 0.748. The molecule has 27 heavy (non-hydrogen) atoms. The average Bonchev–Trinajstić information content (AvgIpc) is 3.02. The maximum atomic E-state index is 12.4. The third-order valence-electron chi connectivity index (χ3n) is 5.78. The van der Waals surface area contributed by atoms with Crippen molar-refractivity contribution in [2.45, 2.75) is 56.9 Å². The van der Waals surface area contributed by atoms with Crippen molar-refractivity contribution in [3.8, 4) is 11.3 Å². The highest BCUT2D eigenvalue weighted by molar-refractivity contribution is 5.76. The summed E-state index contributed by atoms with van der Waals surface area (Å²) in [5.74, 6) is 1.43. The van der Waals surface area contributed by atoms with Crippen LogP contribution in [0.15, 0.2) is 40.9 Å². The van der Waals surface area contributed by atoms with E-state index in [0.29, 0.717) is 18.7 Å². The Hall–Kier alpha value is -2.14. The van der Waals surface area contributed by atoms with E-state index in [4.69, 9.17) is 4.42 Å². The van der Waals surface area contributed by atoms with Gasteiger partial charge in [0.1, 0.15) is 0 Å². The van der Waals surface area contributed by atoms with E-state index in [9.17, 15) is 4.79 Å². The minimum absolute atomic E-state index is 0.0694. The maximum absolute atomic E-state index is 12.4. The number of aryl methyl sites for hydroxylation is 1. The Morgan fingerprint density at radius 1 is 1.15 bits per heavy atom. The number of nitrogens with zero attached hydrogens (tertiary/aromatic N) is 2. The van der Waals surface area contributed by atoms with E-state index in [1.807, 2.05) is 30.3 Å². The minimum atomic E-state index is 0.0694. The first-order chi connectivity index (χ1) is 13.1. The molecule has 0 bridgehead atoms. The van der Waals surface area contributed by atoms with Gasteiger partial charge in [0.15, 0.2) is 11.7 Å². The first-order valence-electron chi connectivity index (χ1n) is 10.0. The zero-order valence-electron chi connectivity index (χ0n) is 16.5. The predicted octanol–water partition coefficient (Wildman–Crippen LogP) is 4.05. The highest BCUT2D eigenvalue weighted by atomic mass is 16.4. The fourth-order valence-corrected chi connectivity index (χ4v) is 3.90. The summed E-state index contributed by atoms with van der Waals surface area (Å²) in [6.45, 7) is 0.722. The zero-order chi connectivity index (χ0) is 19.1. The van der Waals surface area contributed by atoms with Gasteiger partial charge in [-0.2, -0.15) is 0 Å². The Labute approximate surface area is 162 Å². The van der Waals surface area contributed by atoms with E-state index in [0.717, 1.165) is 30.7 Å². The predicted molar refractivity (Wildman–Crippen MR) is 107 cm³/mol. The van der Waals surface area contributed by atoms with Crippen molar-refractivity contribution in [2.75, 3.05) is 20.6 Å². The number of benzene rings is 1. The van der Waals surface area contributed by atoms with Crippen LogP contribution in [0.4, 0.5) is 0 Å². The van der Waals surface area contributed by atoms with Crippen LogP contribution in [0.3, 0.4) is 0 Å². The second-order valence-electron chi connectivity index (χ2n) is 7.79. The molecule has 1 aromatic carbocycles. The SMILES string of the molecule is CN(C)C1(CNC(=O)CCc2ncc(-c3ccccc3)o2)CCCCCC1. The average molecular weight is 370 g/mol. The lowest BCUT2D eigenvalue weighted by Crippen LogP contribution is -2.52. The number of oxazole rings is 1. The van der Waals surface area contributed by atoms with E-state index in [1.54, 1.807) is 6.20 Å². The molecule has 1 heterocycles. The summed E-state index contributed by atoms with van der Waals surface area (Å²) in [5.41, 5.74) is 1.09. The largest absolute Gasteiger partial charge is 0.441 e. The summed E-state index contributed by atoms with van der Waals surface area (Å²) in [4.78, 5) is 19.0. The molecular formula is C22H31N3O2. The van der Waals surface area contributed by atoms with Gasteiger partial charge < -0.3 is 14.6 Å². The molecule has 2 aromatic rings. The number of likely N-dealkylation sites (N-methyl/N-ethyl adjacent to an activating group) is 1. The number of hydrogen-bond donors (Lipinski definition) is 1. The molecule has 5 heteroatoms. The molecule has 1 aliphatic rings. The number of hydrogen-bond acceptors (Lipinski definition) is 4. The van der Waals surface area contributed by atoms with E-state index >= 15 is 0 Å². The molecule has 0 aliphatic heterocycles. The number of aromatic nitrogens is 1. The third kappa shape index (κ3) is 5.19. The van der Waals surface area contributed by atoms with Crippen molar-refractivity contribution in [1.82, 2.24) is 15.2 Å². The van der Waals surface area contributed by atoms with Crippen LogP contribution in [0.5, 0.6) is 0 Å². The second-order valence-corrected chi connectivity index (χ2v) is 7.79. The van der Waals surface area contributed by atoms with Gasteiger partial charge in [0.2, 0.25) is 5.91 Å². The standard InChI is InChI=1S/C22H31N3O2/c1-25(2)22(14-8-3-4-9-15-22)17-24-20(26)12-13-21-23-16-19(27-21)18-10-6-5-7-11-18/h5-7,10-11,16H,3-4,8-9,12-15,17H2,1-2H3,(H,24,26). The Balaban J connectivity index is 1.50. The van der Waals surface area contributed by atoms with Crippen molar-refractivity contribution in [2.24, 2.45) is 0 Å². The summed E-state index contributed by atoms with van der Waals surface area (Å²) in [7, 11) is 4.27. The number of carbonyl (C=O) groups is 1. The van der Waals surface area contributed by atoms with Crippen LogP contribution in [0.2, 0.25) is 0 Å². The molecule has 0 unspecified atom stereocenters. The normalized spacial score (nSPS) is 16.9.